The number of aliphatic imine (C=N–C) groups is 1. The number of pyridine rings is 2. The van der Waals surface area contributed by atoms with Gasteiger partial charge in [-0.15, -0.1) is 0 Å². The second-order valence-electron chi connectivity index (χ2n) is 8.22. The van der Waals surface area contributed by atoms with Crippen LogP contribution in [0.3, 0.4) is 0 Å². The number of rotatable bonds is 2. The highest BCUT2D eigenvalue weighted by molar-refractivity contribution is 5.77. The molecule has 162 valence electrons. The molecule has 7 heteroatoms. The summed E-state index contributed by atoms with van der Waals surface area (Å²) in [5.41, 5.74) is 9.55. The van der Waals surface area contributed by atoms with E-state index in [0.29, 0.717) is 17.1 Å². The number of aromatic nitrogens is 2. The number of hydrogen-bond donors (Lipinski definition) is 1. The maximum atomic E-state index is 13.8. The van der Waals surface area contributed by atoms with Gasteiger partial charge in [-0.25, -0.2) is 4.99 Å². The van der Waals surface area contributed by atoms with E-state index in [2.05, 4.69) is 9.98 Å². The van der Waals surface area contributed by atoms with Crippen molar-refractivity contribution in [2.24, 2.45) is 10.7 Å². The second kappa shape index (κ2) is 7.06. The van der Waals surface area contributed by atoms with Crippen molar-refractivity contribution in [2.75, 3.05) is 6.61 Å². The molecule has 33 heavy (non-hydrogen) atoms. The third-order valence-corrected chi connectivity index (χ3v) is 6.15. The molecule has 4 aromatic rings. The number of amidine groups is 1. The Labute approximate surface area is 189 Å². The van der Waals surface area contributed by atoms with E-state index < -0.39 is 5.54 Å². The van der Waals surface area contributed by atoms with Crippen LogP contribution in [0.25, 0.3) is 16.8 Å². The van der Waals surface area contributed by atoms with Gasteiger partial charge in [0.2, 0.25) is 0 Å². The Morgan fingerprint density at radius 2 is 1.88 bits per heavy atom. The van der Waals surface area contributed by atoms with Crippen LogP contribution in [0, 0.1) is 6.92 Å². The first-order valence-corrected chi connectivity index (χ1v) is 10.6. The Morgan fingerprint density at radius 3 is 2.61 bits per heavy atom. The fourth-order valence-electron chi connectivity index (χ4n) is 4.50. The molecular weight excluding hydrogens is 416 g/mol. The Morgan fingerprint density at radius 1 is 1.03 bits per heavy atom. The van der Waals surface area contributed by atoms with Gasteiger partial charge in [0.1, 0.15) is 18.1 Å². The van der Waals surface area contributed by atoms with Gasteiger partial charge in [0.15, 0.2) is 5.54 Å². The van der Waals surface area contributed by atoms with Gasteiger partial charge in [0, 0.05) is 35.4 Å². The smallest absolute Gasteiger partial charge is 0.283 e. The van der Waals surface area contributed by atoms with E-state index in [9.17, 15) is 4.79 Å². The minimum Gasteiger partial charge on any atom is -0.462 e. The zero-order valence-electron chi connectivity index (χ0n) is 17.9. The van der Waals surface area contributed by atoms with Crippen LogP contribution in [0.2, 0.25) is 0 Å². The minimum atomic E-state index is -1.10. The van der Waals surface area contributed by atoms with E-state index in [1.54, 1.807) is 29.2 Å². The molecule has 2 aliphatic rings. The zero-order chi connectivity index (χ0) is 22.6. The number of benzene rings is 2. The van der Waals surface area contributed by atoms with Gasteiger partial charge in [0.25, 0.3) is 11.6 Å². The van der Waals surface area contributed by atoms with E-state index in [0.717, 1.165) is 27.9 Å². The molecule has 0 saturated heterocycles. The monoisotopic (exact) mass is 436 g/mol. The highest BCUT2D eigenvalue weighted by Crippen LogP contribution is 2.50. The summed E-state index contributed by atoms with van der Waals surface area (Å²) in [7, 11) is 0. The zero-order valence-corrected chi connectivity index (χ0v) is 17.9. The molecule has 7 nitrogen and oxygen atoms in total. The standard InChI is InChI=1S/C26H20N4O3/c1-16-4-7-19(8-5-16)30-12-10-22-23(24(30)31)26(15-32-25(27)29-26)20-13-17(6-9-21(20)33-22)18-3-2-11-28-14-18/h2-14H,15H2,1H3,(H2,27,29)/t26-/m0/s1. The molecule has 2 aromatic carbocycles. The van der Waals surface area contributed by atoms with Crippen LogP contribution in [-0.2, 0) is 10.3 Å². The number of ether oxygens (including phenoxy) is 2. The quantitative estimate of drug-likeness (QED) is 0.515. The van der Waals surface area contributed by atoms with E-state index in [1.165, 1.54) is 0 Å². The third kappa shape index (κ3) is 2.93. The molecule has 4 heterocycles. The van der Waals surface area contributed by atoms with Crippen molar-refractivity contribution in [3.05, 3.63) is 106 Å². The first-order valence-electron chi connectivity index (χ1n) is 10.6. The SMILES string of the molecule is Cc1ccc(-n2ccc3c(c2=O)[C@]2(COC(N)=N2)c2cc(-c4cccnc4)ccc2O3)cc1. The van der Waals surface area contributed by atoms with Crippen LogP contribution in [0.5, 0.6) is 11.5 Å². The lowest BCUT2D eigenvalue weighted by atomic mass is 9.81. The summed E-state index contributed by atoms with van der Waals surface area (Å²) in [5.74, 6) is 1.07. The molecule has 0 amide bonds. The largest absolute Gasteiger partial charge is 0.462 e. The van der Waals surface area contributed by atoms with E-state index in [1.807, 2.05) is 61.5 Å². The number of aryl methyl sites for hydroxylation is 1. The normalized spacial score (nSPS) is 18.2. The van der Waals surface area contributed by atoms with Crippen LogP contribution >= 0.6 is 0 Å². The first-order chi connectivity index (χ1) is 16.0. The van der Waals surface area contributed by atoms with Gasteiger partial charge in [0.05, 0.1) is 5.56 Å². The average molecular weight is 436 g/mol. The summed E-state index contributed by atoms with van der Waals surface area (Å²) >= 11 is 0. The summed E-state index contributed by atoms with van der Waals surface area (Å²) in [5, 5.41) is 0. The molecule has 0 bridgehead atoms. The predicted molar refractivity (Wildman–Crippen MR) is 125 cm³/mol. The van der Waals surface area contributed by atoms with E-state index in [4.69, 9.17) is 15.2 Å². The number of hydrogen-bond acceptors (Lipinski definition) is 6. The van der Waals surface area contributed by atoms with Crippen molar-refractivity contribution >= 4 is 6.02 Å². The first kappa shape index (κ1) is 19.3. The molecule has 0 aliphatic carbocycles. The number of nitrogens with zero attached hydrogens (tertiary/aromatic N) is 3. The predicted octanol–water partition coefficient (Wildman–Crippen LogP) is 3.90. The molecule has 1 spiro atoms. The molecule has 0 radical (unpaired) electrons. The lowest BCUT2D eigenvalue weighted by Crippen LogP contribution is -2.39. The summed E-state index contributed by atoms with van der Waals surface area (Å²) in [6.07, 6.45) is 5.24. The summed E-state index contributed by atoms with van der Waals surface area (Å²) in [6.45, 7) is 2.12. The van der Waals surface area contributed by atoms with Crippen LogP contribution in [0.15, 0.2) is 89.0 Å². The van der Waals surface area contributed by atoms with Gasteiger partial charge in [-0.05, 0) is 48.9 Å². The maximum Gasteiger partial charge on any atom is 0.283 e. The fraction of sp³-hybridized carbons (Fsp3) is 0.115. The molecule has 0 saturated carbocycles. The molecule has 1 atom stereocenters. The molecule has 2 N–H and O–H groups in total. The topological polar surface area (TPSA) is 91.7 Å². The van der Waals surface area contributed by atoms with E-state index in [-0.39, 0.29) is 18.2 Å². The average Bonchev–Trinajstić information content (AvgIpc) is 3.22. The van der Waals surface area contributed by atoms with Crippen LogP contribution < -0.4 is 16.0 Å². The van der Waals surface area contributed by atoms with E-state index >= 15 is 0 Å². The Hall–Kier alpha value is -4.39. The molecule has 2 aliphatic heterocycles. The summed E-state index contributed by atoms with van der Waals surface area (Å²) in [4.78, 5) is 22.7. The number of fused-ring (bicyclic) bond motifs is 4. The second-order valence-corrected chi connectivity index (χ2v) is 8.22. The minimum absolute atomic E-state index is 0.0470. The Bertz CT molecular complexity index is 1480. The third-order valence-electron chi connectivity index (χ3n) is 6.15. The highest BCUT2D eigenvalue weighted by atomic mass is 16.5. The van der Waals surface area contributed by atoms with Gasteiger partial charge in [-0.3, -0.25) is 14.3 Å². The molecule has 2 aromatic heterocycles. The van der Waals surface area contributed by atoms with Gasteiger partial charge >= 0.3 is 0 Å². The fourth-order valence-corrected chi connectivity index (χ4v) is 4.50. The highest BCUT2D eigenvalue weighted by Gasteiger charge is 2.49. The molecule has 0 unspecified atom stereocenters. The Kier molecular flexibility index (Phi) is 4.13. The van der Waals surface area contributed by atoms with Crippen molar-refractivity contribution in [3.63, 3.8) is 0 Å². The summed E-state index contributed by atoms with van der Waals surface area (Å²) < 4.78 is 13.4. The molecular formula is C26H20N4O3. The molecule has 0 fully saturated rings. The van der Waals surface area contributed by atoms with Crippen molar-refractivity contribution in [3.8, 4) is 28.3 Å². The van der Waals surface area contributed by atoms with Crippen LogP contribution in [0.1, 0.15) is 16.7 Å². The van der Waals surface area contributed by atoms with Crippen molar-refractivity contribution in [1.29, 1.82) is 0 Å². The van der Waals surface area contributed by atoms with Crippen molar-refractivity contribution in [1.82, 2.24) is 9.55 Å². The maximum absolute atomic E-state index is 13.8. The van der Waals surface area contributed by atoms with Crippen LogP contribution in [0.4, 0.5) is 0 Å². The lowest BCUT2D eigenvalue weighted by molar-refractivity contribution is 0.262. The van der Waals surface area contributed by atoms with Gasteiger partial charge in [-0.2, -0.15) is 0 Å². The van der Waals surface area contributed by atoms with Crippen LogP contribution in [-0.4, -0.2) is 22.2 Å². The Balaban J connectivity index is 1.59. The summed E-state index contributed by atoms with van der Waals surface area (Å²) in [6, 6.07) is 19.3. The van der Waals surface area contributed by atoms with Gasteiger partial charge in [-0.1, -0.05) is 29.8 Å². The van der Waals surface area contributed by atoms with Crippen molar-refractivity contribution in [2.45, 2.75) is 12.5 Å². The lowest BCUT2D eigenvalue weighted by Gasteiger charge is -2.33. The number of nitrogens with two attached hydrogens (primary N) is 1. The van der Waals surface area contributed by atoms with Gasteiger partial charge < -0.3 is 15.2 Å². The molecule has 6 rings (SSSR count). The van der Waals surface area contributed by atoms with Crippen molar-refractivity contribution < 1.29 is 9.47 Å².